The number of amides is 2. The van der Waals surface area contributed by atoms with E-state index in [1.165, 1.54) is 6.92 Å². The Balaban J connectivity index is 1.72. The number of aryl methyl sites for hydroxylation is 2. The summed E-state index contributed by atoms with van der Waals surface area (Å²) in [7, 11) is 0. The molecule has 2 amide bonds. The zero-order valence-corrected chi connectivity index (χ0v) is 16.0. The summed E-state index contributed by atoms with van der Waals surface area (Å²) in [5, 5.41) is 8.83. The predicted molar refractivity (Wildman–Crippen MR) is 112 cm³/mol. The van der Waals surface area contributed by atoms with Crippen LogP contribution in [0.2, 0.25) is 0 Å². The number of aromatic nitrogens is 1. The number of carbonyl (C=O) groups is 2. The van der Waals surface area contributed by atoms with Gasteiger partial charge >= 0.3 is 0 Å². The van der Waals surface area contributed by atoms with Crippen LogP contribution in [0.5, 0.6) is 0 Å². The fraction of sp³-hybridized carbons (Fsp3) is 0.136. The van der Waals surface area contributed by atoms with Crippen molar-refractivity contribution in [2.45, 2.75) is 20.8 Å². The summed E-state index contributed by atoms with van der Waals surface area (Å²) in [6, 6.07) is 16.6. The highest BCUT2D eigenvalue weighted by atomic mass is 16.2. The van der Waals surface area contributed by atoms with Gasteiger partial charge in [-0.3, -0.25) is 9.59 Å². The number of pyridine rings is 1. The van der Waals surface area contributed by atoms with Gasteiger partial charge in [-0.05, 0) is 67.4 Å². The van der Waals surface area contributed by atoms with Crippen molar-refractivity contribution in [2.24, 2.45) is 0 Å². The third-order valence-electron chi connectivity index (χ3n) is 4.14. The lowest BCUT2D eigenvalue weighted by Crippen LogP contribution is -2.13. The molecule has 6 nitrogen and oxygen atoms in total. The highest BCUT2D eigenvalue weighted by Crippen LogP contribution is 2.20. The SMILES string of the molecule is CC(=O)Nc1ccc(Nc2cc(C(=O)Nc3cc(C)ccc3C)ccn2)cc1. The van der Waals surface area contributed by atoms with Gasteiger partial charge in [0.2, 0.25) is 5.91 Å². The molecule has 3 N–H and O–H groups in total. The highest BCUT2D eigenvalue weighted by molar-refractivity contribution is 6.05. The van der Waals surface area contributed by atoms with Crippen LogP contribution in [0.3, 0.4) is 0 Å². The Labute approximate surface area is 164 Å². The third kappa shape index (κ3) is 4.94. The topological polar surface area (TPSA) is 83.1 Å². The summed E-state index contributed by atoms with van der Waals surface area (Å²) in [4.78, 5) is 28.0. The Morgan fingerprint density at radius 2 is 1.57 bits per heavy atom. The standard InChI is InChI=1S/C22H22N4O2/c1-14-4-5-15(2)20(12-14)26-22(28)17-10-11-23-21(13-17)25-19-8-6-18(7-9-19)24-16(3)27/h4-13H,1-3H3,(H,23,25)(H,24,27)(H,26,28). The fourth-order valence-electron chi connectivity index (χ4n) is 2.69. The molecule has 1 heterocycles. The van der Waals surface area contributed by atoms with Gasteiger partial charge in [-0.2, -0.15) is 0 Å². The average Bonchev–Trinajstić information content (AvgIpc) is 2.66. The Morgan fingerprint density at radius 3 is 2.29 bits per heavy atom. The quantitative estimate of drug-likeness (QED) is 0.607. The van der Waals surface area contributed by atoms with E-state index in [1.54, 1.807) is 30.5 Å². The minimum absolute atomic E-state index is 0.120. The first-order valence-electron chi connectivity index (χ1n) is 8.90. The maximum Gasteiger partial charge on any atom is 0.255 e. The second-order valence-electron chi connectivity index (χ2n) is 6.59. The van der Waals surface area contributed by atoms with Gasteiger partial charge in [-0.15, -0.1) is 0 Å². The largest absolute Gasteiger partial charge is 0.340 e. The molecule has 1 aromatic heterocycles. The molecule has 0 spiro atoms. The van der Waals surface area contributed by atoms with Crippen LogP contribution < -0.4 is 16.0 Å². The van der Waals surface area contributed by atoms with E-state index in [0.717, 1.165) is 22.5 Å². The molecule has 3 aromatic rings. The van der Waals surface area contributed by atoms with E-state index >= 15 is 0 Å². The van der Waals surface area contributed by atoms with Gasteiger partial charge in [0, 0.05) is 35.7 Å². The Bertz CT molecular complexity index is 1010. The van der Waals surface area contributed by atoms with Crippen LogP contribution in [0, 0.1) is 13.8 Å². The first-order valence-corrected chi connectivity index (χ1v) is 8.90. The normalized spacial score (nSPS) is 10.2. The van der Waals surface area contributed by atoms with Crippen molar-refractivity contribution in [3.8, 4) is 0 Å². The number of hydrogen-bond acceptors (Lipinski definition) is 4. The molecule has 0 fully saturated rings. The number of nitrogens with one attached hydrogen (secondary N) is 3. The van der Waals surface area contributed by atoms with E-state index < -0.39 is 0 Å². The summed E-state index contributed by atoms with van der Waals surface area (Å²) in [5.74, 6) is 0.242. The van der Waals surface area contributed by atoms with Crippen LogP contribution >= 0.6 is 0 Å². The number of rotatable bonds is 5. The van der Waals surface area contributed by atoms with Crippen molar-refractivity contribution in [3.63, 3.8) is 0 Å². The Hall–Kier alpha value is -3.67. The molecule has 0 bridgehead atoms. The van der Waals surface area contributed by atoms with Crippen LogP contribution in [0.1, 0.15) is 28.4 Å². The van der Waals surface area contributed by atoms with Crippen LogP contribution in [-0.2, 0) is 4.79 Å². The number of benzene rings is 2. The van der Waals surface area contributed by atoms with Crippen molar-refractivity contribution in [1.82, 2.24) is 4.98 Å². The minimum atomic E-state index is -0.194. The van der Waals surface area contributed by atoms with E-state index in [9.17, 15) is 9.59 Å². The monoisotopic (exact) mass is 374 g/mol. The Morgan fingerprint density at radius 1 is 0.857 bits per heavy atom. The number of hydrogen-bond donors (Lipinski definition) is 3. The van der Waals surface area contributed by atoms with Gasteiger partial charge in [0.05, 0.1) is 0 Å². The molecule has 0 aliphatic carbocycles. The molecule has 3 rings (SSSR count). The Kier molecular flexibility index (Phi) is 5.69. The van der Waals surface area contributed by atoms with Crippen LogP contribution in [0.4, 0.5) is 22.9 Å². The molecule has 0 saturated carbocycles. The maximum atomic E-state index is 12.6. The second-order valence-corrected chi connectivity index (χ2v) is 6.59. The predicted octanol–water partition coefficient (Wildman–Crippen LogP) is 4.65. The van der Waals surface area contributed by atoms with Crippen molar-refractivity contribution in [3.05, 3.63) is 77.5 Å². The van der Waals surface area contributed by atoms with Crippen LogP contribution in [0.15, 0.2) is 60.8 Å². The lowest BCUT2D eigenvalue weighted by molar-refractivity contribution is -0.114. The minimum Gasteiger partial charge on any atom is -0.340 e. The van der Waals surface area contributed by atoms with E-state index in [1.807, 2.05) is 44.2 Å². The lowest BCUT2D eigenvalue weighted by atomic mass is 10.1. The van der Waals surface area contributed by atoms with E-state index in [-0.39, 0.29) is 11.8 Å². The van der Waals surface area contributed by atoms with E-state index in [0.29, 0.717) is 17.1 Å². The fourth-order valence-corrected chi connectivity index (χ4v) is 2.69. The number of carbonyl (C=O) groups excluding carboxylic acids is 2. The zero-order valence-electron chi connectivity index (χ0n) is 16.0. The summed E-state index contributed by atoms with van der Waals surface area (Å²) >= 11 is 0. The van der Waals surface area contributed by atoms with Gasteiger partial charge in [-0.1, -0.05) is 12.1 Å². The average molecular weight is 374 g/mol. The van der Waals surface area contributed by atoms with Crippen molar-refractivity contribution in [1.29, 1.82) is 0 Å². The van der Waals surface area contributed by atoms with Crippen molar-refractivity contribution < 1.29 is 9.59 Å². The van der Waals surface area contributed by atoms with E-state index in [2.05, 4.69) is 20.9 Å². The molecule has 28 heavy (non-hydrogen) atoms. The molecule has 0 aliphatic heterocycles. The van der Waals surface area contributed by atoms with E-state index in [4.69, 9.17) is 0 Å². The first-order chi connectivity index (χ1) is 13.4. The summed E-state index contributed by atoms with van der Waals surface area (Å²) in [6.45, 7) is 5.41. The smallest absolute Gasteiger partial charge is 0.255 e. The number of anilines is 4. The molecule has 6 heteroatoms. The molecule has 2 aromatic carbocycles. The van der Waals surface area contributed by atoms with Gasteiger partial charge in [0.1, 0.15) is 5.82 Å². The van der Waals surface area contributed by atoms with Gasteiger partial charge in [0.15, 0.2) is 0 Å². The number of nitrogens with zero attached hydrogens (tertiary/aromatic N) is 1. The van der Waals surface area contributed by atoms with Crippen LogP contribution in [0.25, 0.3) is 0 Å². The maximum absolute atomic E-state index is 12.6. The van der Waals surface area contributed by atoms with Crippen molar-refractivity contribution in [2.75, 3.05) is 16.0 Å². The summed E-state index contributed by atoms with van der Waals surface area (Å²) in [6.07, 6.45) is 1.59. The van der Waals surface area contributed by atoms with Gasteiger partial charge in [-0.25, -0.2) is 4.98 Å². The first kappa shape index (κ1) is 19.1. The molecule has 0 unspecified atom stereocenters. The highest BCUT2D eigenvalue weighted by Gasteiger charge is 2.09. The lowest BCUT2D eigenvalue weighted by Gasteiger charge is -2.11. The van der Waals surface area contributed by atoms with Gasteiger partial charge in [0.25, 0.3) is 5.91 Å². The summed E-state index contributed by atoms with van der Waals surface area (Å²) < 4.78 is 0. The second kappa shape index (κ2) is 8.35. The molecule has 0 atom stereocenters. The molecular formula is C22H22N4O2. The summed E-state index contributed by atoms with van der Waals surface area (Å²) in [5.41, 5.74) is 4.91. The zero-order chi connectivity index (χ0) is 20.1. The molecule has 142 valence electrons. The van der Waals surface area contributed by atoms with Crippen LogP contribution in [-0.4, -0.2) is 16.8 Å². The molecular weight excluding hydrogens is 352 g/mol. The molecule has 0 radical (unpaired) electrons. The van der Waals surface area contributed by atoms with Crippen molar-refractivity contribution >= 4 is 34.7 Å². The third-order valence-corrected chi connectivity index (χ3v) is 4.14. The molecule has 0 saturated heterocycles. The molecule has 0 aliphatic rings. The van der Waals surface area contributed by atoms with Gasteiger partial charge < -0.3 is 16.0 Å².